The first-order chi connectivity index (χ1) is 7.95. The van der Waals surface area contributed by atoms with Gasteiger partial charge in [0.05, 0.1) is 12.0 Å². The van der Waals surface area contributed by atoms with E-state index in [2.05, 4.69) is 0 Å². The second kappa shape index (κ2) is 5.82. The van der Waals surface area contributed by atoms with Crippen molar-refractivity contribution in [2.75, 3.05) is 0 Å². The average molecular weight is 236 g/mol. The number of carboxylic acids is 1. The van der Waals surface area contributed by atoms with Crippen LogP contribution in [0.2, 0.25) is 0 Å². The number of rotatable bonds is 5. The van der Waals surface area contributed by atoms with Gasteiger partial charge in [-0.15, -0.1) is 0 Å². The van der Waals surface area contributed by atoms with Crippen molar-refractivity contribution in [2.24, 2.45) is 5.92 Å². The van der Waals surface area contributed by atoms with E-state index < -0.39 is 18.0 Å². The third kappa shape index (κ3) is 3.56. The normalized spacial score (nSPS) is 14.4. The van der Waals surface area contributed by atoms with Crippen LogP contribution in [0.25, 0.3) is 0 Å². The Kier molecular flexibility index (Phi) is 4.70. The van der Waals surface area contributed by atoms with Crippen molar-refractivity contribution in [3.63, 3.8) is 0 Å². The topological polar surface area (TPSA) is 57.5 Å². The van der Waals surface area contributed by atoms with Gasteiger partial charge in [-0.3, -0.25) is 4.79 Å². The molecule has 0 aliphatic rings. The summed E-state index contributed by atoms with van der Waals surface area (Å²) in [5, 5.41) is 19.3. The van der Waals surface area contributed by atoms with Gasteiger partial charge in [0.15, 0.2) is 0 Å². The van der Waals surface area contributed by atoms with E-state index >= 15 is 0 Å². The Hall–Kier alpha value is -1.35. The second-order valence-corrected chi connectivity index (χ2v) is 4.60. The lowest BCUT2D eigenvalue weighted by Crippen LogP contribution is -2.22. The molecule has 0 saturated heterocycles. The summed E-state index contributed by atoms with van der Waals surface area (Å²) in [4.78, 5) is 11.1. The molecule has 94 valence electrons. The third-order valence-corrected chi connectivity index (χ3v) is 2.88. The highest BCUT2D eigenvalue weighted by molar-refractivity contribution is 5.71. The van der Waals surface area contributed by atoms with Crippen molar-refractivity contribution in [3.05, 3.63) is 34.9 Å². The molecular formula is C14H20O3. The van der Waals surface area contributed by atoms with Crippen LogP contribution in [0.4, 0.5) is 0 Å². The SMILES string of the molecule is CCCC(C(=O)O)C(O)c1cc(C)cc(C)c1. The minimum absolute atomic E-state index is 0.490. The molecule has 0 aromatic heterocycles. The summed E-state index contributed by atoms with van der Waals surface area (Å²) >= 11 is 0. The number of aryl methyl sites for hydroxylation is 2. The molecule has 1 aromatic carbocycles. The second-order valence-electron chi connectivity index (χ2n) is 4.60. The van der Waals surface area contributed by atoms with Crippen molar-refractivity contribution >= 4 is 5.97 Å². The van der Waals surface area contributed by atoms with Crippen LogP contribution < -0.4 is 0 Å². The van der Waals surface area contributed by atoms with Gasteiger partial charge in [0, 0.05) is 0 Å². The quantitative estimate of drug-likeness (QED) is 0.826. The molecule has 17 heavy (non-hydrogen) atoms. The standard InChI is InChI=1S/C14H20O3/c1-4-5-12(14(16)17)13(15)11-7-9(2)6-10(3)8-11/h6-8,12-13,15H,4-5H2,1-3H3,(H,16,17). The van der Waals surface area contributed by atoms with Crippen molar-refractivity contribution < 1.29 is 15.0 Å². The monoisotopic (exact) mass is 236 g/mol. The summed E-state index contributed by atoms with van der Waals surface area (Å²) in [6.07, 6.45) is 0.313. The summed E-state index contributed by atoms with van der Waals surface area (Å²) in [6, 6.07) is 5.71. The van der Waals surface area contributed by atoms with Gasteiger partial charge in [-0.25, -0.2) is 0 Å². The molecule has 0 bridgehead atoms. The lowest BCUT2D eigenvalue weighted by molar-refractivity contribution is -0.146. The summed E-state index contributed by atoms with van der Waals surface area (Å²) in [6.45, 7) is 5.81. The Balaban J connectivity index is 3.00. The van der Waals surface area contributed by atoms with Crippen LogP contribution in [0.1, 0.15) is 42.6 Å². The molecule has 3 heteroatoms. The Bertz CT molecular complexity index is 378. The molecule has 3 nitrogen and oxygen atoms in total. The van der Waals surface area contributed by atoms with Crippen LogP contribution in [-0.4, -0.2) is 16.2 Å². The molecule has 0 spiro atoms. The predicted molar refractivity (Wildman–Crippen MR) is 66.9 cm³/mol. The number of benzene rings is 1. The zero-order chi connectivity index (χ0) is 13.0. The van der Waals surface area contributed by atoms with E-state index in [1.807, 2.05) is 39.0 Å². The molecule has 2 N–H and O–H groups in total. The zero-order valence-electron chi connectivity index (χ0n) is 10.6. The molecule has 2 atom stereocenters. The maximum atomic E-state index is 11.1. The van der Waals surface area contributed by atoms with Crippen molar-refractivity contribution in [2.45, 2.75) is 39.7 Å². The number of aliphatic hydroxyl groups is 1. The van der Waals surface area contributed by atoms with E-state index in [0.29, 0.717) is 12.0 Å². The van der Waals surface area contributed by atoms with Gasteiger partial charge in [0.1, 0.15) is 0 Å². The van der Waals surface area contributed by atoms with Gasteiger partial charge in [0.25, 0.3) is 0 Å². The van der Waals surface area contributed by atoms with Crippen LogP contribution in [0, 0.1) is 19.8 Å². The molecule has 0 amide bonds. The first kappa shape index (κ1) is 13.7. The third-order valence-electron chi connectivity index (χ3n) is 2.88. The van der Waals surface area contributed by atoms with Gasteiger partial charge < -0.3 is 10.2 Å². The van der Waals surface area contributed by atoms with Crippen LogP contribution in [-0.2, 0) is 4.79 Å². The average Bonchev–Trinajstić information content (AvgIpc) is 2.23. The number of carbonyl (C=O) groups is 1. The first-order valence-electron chi connectivity index (χ1n) is 5.94. The largest absolute Gasteiger partial charge is 0.481 e. The summed E-state index contributed by atoms with van der Waals surface area (Å²) in [5.74, 6) is -1.65. The summed E-state index contributed by atoms with van der Waals surface area (Å²) in [7, 11) is 0. The predicted octanol–water partition coefficient (Wildman–Crippen LogP) is 2.84. The molecule has 0 radical (unpaired) electrons. The molecule has 0 fully saturated rings. The highest BCUT2D eigenvalue weighted by atomic mass is 16.4. The van der Waals surface area contributed by atoms with Crippen LogP contribution >= 0.6 is 0 Å². The van der Waals surface area contributed by atoms with Gasteiger partial charge in [-0.2, -0.15) is 0 Å². The Morgan fingerprint density at radius 3 is 2.18 bits per heavy atom. The van der Waals surface area contributed by atoms with E-state index in [4.69, 9.17) is 5.11 Å². The van der Waals surface area contributed by atoms with Gasteiger partial charge in [0.2, 0.25) is 0 Å². The van der Waals surface area contributed by atoms with Crippen molar-refractivity contribution in [3.8, 4) is 0 Å². The fourth-order valence-electron chi connectivity index (χ4n) is 2.14. The Morgan fingerprint density at radius 1 is 1.24 bits per heavy atom. The maximum absolute atomic E-state index is 11.1. The lowest BCUT2D eigenvalue weighted by Gasteiger charge is -2.19. The molecule has 0 heterocycles. The molecular weight excluding hydrogens is 216 g/mol. The minimum atomic E-state index is -0.932. The number of hydrogen-bond acceptors (Lipinski definition) is 2. The number of carboxylic acid groups (broad SMARTS) is 1. The van der Waals surface area contributed by atoms with Crippen LogP contribution in [0.3, 0.4) is 0 Å². The van der Waals surface area contributed by atoms with E-state index in [9.17, 15) is 9.90 Å². The Labute approximate surface area is 102 Å². The van der Waals surface area contributed by atoms with Crippen LogP contribution in [0.5, 0.6) is 0 Å². The molecule has 0 aliphatic heterocycles. The highest BCUT2D eigenvalue weighted by Crippen LogP contribution is 2.27. The number of hydrogen-bond donors (Lipinski definition) is 2. The molecule has 1 rings (SSSR count). The van der Waals surface area contributed by atoms with E-state index in [1.165, 1.54) is 0 Å². The smallest absolute Gasteiger partial charge is 0.309 e. The minimum Gasteiger partial charge on any atom is -0.481 e. The van der Waals surface area contributed by atoms with E-state index in [0.717, 1.165) is 17.5 Å². The summed E-state index contributed by atoms with van der Waals surface area (Å²) < 4.78 is 0. The number of aliphatic hydroxyl groups excluding tert-OH is 1. The molecule has 0 saturated carbocycles. The van der Waals surface area contributed by atoms with E-state index in [-0.39, 0.29) is 0 Å². The van der Waals surface area contributed by atoms with Crippen molar-refractivity contribution in [1.29, 1.82) is 0 Å². The molecule has 2 unspecified atom stereocenters. The first-order valence-corrected chi connectivity index (χ1v) is 5.94. The fourth-order valence-corrected chi connectivity index (χ4v) is 2.14. The number of aliphatic carboxylic acids is 1. The molecule has 1 aromatic rings. The van der Waals surface area contributed by atoms with Crippen molar-refractivity contribution in [1.82, 2.24) is 0 Å². The zero-order valence-corrected chi connectivity index (χ0v) is 10.6. The Morgan fingerprint density at radius 2 is 1.76 bits per heavy atom. The van der Waals surface area contributed by atoms with Crippen LogP contribution in [0.15, 0.2) is 18.2 Å². The van der Waals surface area contributed by atoms with Gasteiger partial charge in [-0.1, -0.05) is 42.7 Å². The summed E-state index contributed by atoms with van der Waals surface area (Å²) in [5.41, 5.74) is 2.78. The highest BCUT2D eigenvalue weighted by Gasteiger charge is 2.26. The molecule has 0 aliphatic carbocycles. The fraction of sp³-hybridized carbons (Fsp3) is 0.500. The van der Waals surface area contributed by atoms with Gasteiger partial charge in [-0.05, 0) is 25.8 Å². The lowest BCUT2D eigenvalue weighted by atomic mass is 9.90. The van der Waals surface area contributed by atoms with Gasteiger partial charge >= 0.3 is 5.97 Å². The maximum Gasteiger partial charge on any atom is 0.309 e. The van der Waals surface area contributed by atoms with E-state index in [1.54, 1.807) is 0 Å².